The van der Waals surface area contributed by atoms with E-state index in [4.69, 9.17) is 10.00 Å². The van der Waals surface area contributed by atoms with Gasteiger partial charge in [-0.05, 0) is 37.8 Å². The minimum Gasteiger partial charge on any atom is -0.496 e. The number of hydrogen-bond donors (Lipinski definition) is 0. The van der Waals surface area contributed by atoms with Gasteiger partial charge in [-0.3, -0.25) is 0 Å². The van der Waals surface area contributed by atoms with E-state index in [0.29, 0.717) is 0 Å². The molecule has 1 aromatic carbocycles. The summed E-state index contributed by atoms with van der Waals surface area (Å²) in [5, 5.41) is 9.00. The molecule has 0 amide bonds. The van der Waals surface area contributed by atoms with Crippen molar-refractivity contribution in [1.82, 2.24) is 0 Å². The quantitative estimate of drug-likeness (QED) is 0.774. The largest absolute Gasteiger partial charge is 0.496 e. The average molecular weight is 217 g/mol. The SMILES string of the molecule is CCC(C#N)Cc1cc(C)cc(C)c1OC. The highest BCUT2D eigenvalue weighted by Crippen LogP contribution is 2.27. The van der Waals surface area contributed by atoms with Crippen LogP contribution in [0.3, 0.4) is 0 Å². The first-order valence-corrected chi connectivity index (χ1v) is 5.66. The van der Waals surface area contributed by atoms with E-state index in [-0.39, 0.29) is 5.92 Å². The molecule has 0 fully saturated rings. The molecular weight excluding hydrogens is 198 g/mol. The molecule has 0 bridgehead atoms. The monoisotopic (exact) mass is 217 g/mol. The van der Waals surface area contributed by atoms with Crippen LogP contribution in [0.15, 0.2) is 12.1 Å². The molecule has 16 heavy (non-hydrogen) atoms. The number of rotatable bonds is 4. The highest BCUT2D eigenvalue weighted by Gasteiger charge is 2.12. The molecule has 0 N–H and O–H groups in total. The minimum absolute atomic E-state index is 0.0788. The van der Waals surface area contributed by atoms with E-state index in [0.717, 1.165) is 29.7 Å². The van der Waals surface area contributed by atoms with Gasteiger partial charge in [0.2, 0.25) is 0 Å². The van der Waals surface area contributed by atoms with E-state index in [2.05, 4.69) is 25.1 Å². The van der Waals surface area contributed by atoms with Gasteiger partial charge in [-0.1, -0.05) is 24.6 Å². The Kier molecular flexibility index (Phi) is 4.37. The normalized spacial score (nSPS) is 11.9. The Morgan fingerprint density at radius 2 is 2.06 bits per heavy atom. The Hall–Kier alpha value is -1.49. The van der Waals surface area contributed by atoms with Gasteiger partial charge in [-0.15, -0.1) is 0 Å². The Balaban J connectivity index is 3.07. The summed E-state index contributed by atoms with van der Waals surface area (Å²) in [6.45, 7) is 6.16. The summed E-state index contributed by atoms with van der Waals surface area (Å²) < 4.78 is 5.41. The van der Waals surface area contributed by atoms with E-state index in [1.165, 1.54) is 5.56 Å². The zero-order chi connectivity index (χ0) is 12.1. The van der Waals surface area contributed by atoms with Gasteiger partial charge in [-0.2, -0.15) is 5.26 Å². The number of ether oxygens (including phenoxy) is 1. The maximum absolute atomic E-state index is 9.00. The maximum Gasteiger partial charge on any atom is 0.125 e. The predicted octanol–water partition coefficient (Wildman–Crippen LogP) is 3.40. The van der Waals surface area contributed by atoms with Crippen molar-refractivity contribution in [2.45, 2.75) is 33.6 Å². The van der Waals surface area contributed by atoms with Gasteiger partial charge in [0.25, 0.3) is 0 Å². The van der Waals surface area contributed by atoms with E-state index < -0.39 is 0 Å². The first-order chi connectivity index (χ1) is 7.62. The van der Waals surface area contributed by atoms with Crippen molar-refractivity contribution >= 4 is 0 Å². The third kappa shape index (κ3) is 2.76. The molecule has 2 nitrogen and oxygen atoms in total. The number of aryl methyl sites for hydroxylation is 2. The predicted molar refractivity (Wildman–Crippen MR) is 65.6 cm³/mol. The van der Waals surface area contributed by atoms with Crippen LogP contribution < -0.4 is 4.74 Å². The number of benzene rings is 1. The van der Waals surface area contributed by atoms with Gasteiger partial charge in [-0.25, -0.2) is 0 Å². The summed E-state index contributed by atoms with van der Waals surface area (Å²) in [6.07, 6.45) is 1.66. The van der Waals surface area contributed by atoms with Crippen molar-refractivity contribution in [2.24, 2.45) is 5.92 Å². The second kappa shape index (κ2) is 5.55. The standard InChI is InChI=1S/C14H19NO/c1-5-12(9-15)8-13-7-10(2)6-11(3)14(13)16-4/h6-7,12H,5,8H2,1-4H3. The lowest BCUT2D eigenvalue weighted by Crippen LogP contribution is -2.03. The number of nitrogens with zero attached hydrogens (tertiary/aromatic N) is 1. The van der Waals surface area contributed by atoms with Crippen molar-refractivity contribution in [1.29, 1.82) is 5.26 Å². The van der Waals surface area contributed by atoms with Crippen molar-refractivity contribution in [3.05, 3.63) is 28.8 Å². The summed E-state index contributed by atoms with van der Waals surface area (Å²) >= 11 is 0. The van der Waals surface area contributed by atoms with Gasteiger partial charge < -0.3 is 4.74 Å². The summed E-state index contributed by atoms with van der Waals surface area (Å²) in [5.41, 5.74) is 3.51. The molecule has 0 spiro atoms. The molecule has 0 saturated heterocycles. The molecule has 1 atom stereocenters. The molecule has 1 rings (SSSR count). The first-order valence-electron chi connectivity index (χ1n) is 5.66. The van der Waals surface area contributed by atoms with Crippen molar-refractivity contribution in [3.63, 3.8) is 0 Å². The number of nitriles is 1. The van der Waals surface area contributed by atoms with Gasteiger partial charge in [0, 0.05) is 0 Å². The van der Waals surface area contributed by atoms with Crippen molar-refractivity contribution in [3.8, 4) is 11.8 Å². The summed E-state index contributed by atoms with van der Waals surface area (Å²) in [4.78, 5) is 0. The molecule has 1 unspecified atom stereocenters. The van der Waals surface area contributed by atoms with E-state index in [9.17, 15) is 0 Å². The lowest BCUT2D eigenvalue weighted by atomic mass is 9.95. The molecule has 2 heteroatoms. The molecule has 1 aromatic rings. The van der Waals surface area contributed by atoms with Crippen molar-refractivity contribution < 1.29 is 4.74 Å². The van der Waals surface area contributed by atoms with Crippen LogP contribution in [0.25, 0.3) is 0 Å². The number of hydrogen-bond acceptors (Lipinski definition) is 2. The molecule has 0 aliphatic heterocycles. The molecule has 0 aliphatic carbocycles. The molecule has 0 aliphatic rings. The molecule has 0 radical (unpaired) electrons. The fourth-order valence-electron chi connectivity index (χ4n) is 2.03. The smallest absolute Gasteiger partial charge is 0.125 e. The second-order valence-corrected chi connectivity index (χ2v) is 4.21. The van der Waals surface area contributed by atoms with Crippen LogP contribution in [-0.4, -0.2) is 7.11 Å². The summed E-state index contributed by atoms with van der Waals surface area (Å²) in [5.74, 6) is 1.01. The van der Waals surface area contributed by atoms with Gasteiger partial charge >= 0.3 is 0 Å². The van der Waals surface area contributed by atoms with Crippen LogP contribution in [0.2, 0.25) is 0 Å². The Morgan fingerprint density at radius 3 is 2.56 bits per heavy atom. The fraction of sp³-hybridized carbons (Fsp3) is 0.500. The van der Waals surface area contributed by atoms with E-state index in [1.54, 1.807) is 7.11 Å². The van der Waals surface area contributed by atoms with Crippen LogP contribution in [0.5, 0.6) is 5.75 Å². The Labute approximate surface area is 97.9 Å². The van der Waals surface area contributed by atoms with Gasteiger partial charge in [0.15, 0.2) is 0 Å². The van der Waals surface area contributed by atoms with E-state index in [1.807, 2.05) is 13.8 Å². The molecule has 0 heterocycles. The first kappa shape index (κ1) is 12.6. The van der Waals surface area contributed by atoms with Crippen LogP contribution in [0.1, 0.15) is 30.0 Å². The lowest BCUT2D eigenvalue weighted by molar-refractivity contribution is 0.404. The third-order valence-corrected chi connectivity index (χ3v) is 2.84. The topological polar surface area (TPSA) is 33.0 Å². The Bertz CT molecular complexity index is 404. The highest BCUT2D eigenvalue weighted by molar-refractivity contribution is 5.44. The van der Waals surface area contributed by atoms with Crippen LogP contribution >= 0.6 is 0 Å². The van der Waals surface area contributed by atoms with Crippen molar-refractivity contribution in [2.75, 3.05) is 7.11 Å². The lowest BCUT2D eigenvalue weighted by Gasteiger charge is -2.14. The van der Waals surface area contributed by atoms with E-state index >= 15 is 0 Å². The maximum atomic E-state index is 9.00. The zero-order valence-corrected chi connectivity index (χ0v) is 10.5. The van der Waals surface area contributed by atoms with Crippen LogP contribution in [-0.2, 0) is 6.42 Å². The van der Waals surface area contributed by atoms with Crippen LogP contribution in [0, 0.1) is 31.1 Å². The van der Waals surface area contributed by atoms with Crippen LogP contribution in [0.4, 0.5) is 0 Å². The highest BCUT2D eigenvalue weighted by atomic mass is 16.5. The molecule has 86 valence electrons. The second-order valence-electron chi connectivity index (χ2n) is 4.21. The van der Waals surface area contributed by atoms with Gasteiger partial charge in [0.05, 0.1) is 19.1 Å². The Morgan fingerprint density at radius 1 is 1.38 bits per heavy atom. The zero-order valence-electron chi connectivity index (χ0n) is 10.5. The summed E-state index contributed by atoms with van der Waals surface area (Å²) in [6, 6.07) is 6.56. The van der Waals surface area contributed by atoms with Gasteiger partial charge in [0.1, 0.15) is 5.75 Å². The molecule has 0 aromatic heterocycles. The molecular formula is C14H19NO. The molecule has 0 saturated carbocycles. The fourth-order valence-corrected chi connectivity index (χ4v) is 2.03. The number of methoxy groups -OCH3 is 1. The third-order valence-electron chi connectivity index (χ3n) is 2.84. The summed E-state index contributed by atoms with van der Waals surface area (Å²) in [7, 11) is 1.69. The minimum atomic E-state index is 0.0788. The average Bonchev–Trinajstić information content (AvgIpc) is 2.25.